The van der Waals surface area contributed by atoms with Gasteiger partial charge in [-0.2, -0.15) is 0 Å². The number of likely N-dealkylation sites (tertiary alicyclic amines) is 1. The van der Waals surface area contributed by atoms with Gasteiger partial charge in [0.05, 0.1) is 0 Å². The molecule has 100 valence electrons. The lowest BCUT2D eigenvalue weighted by molar-refractivity contribution is 0.152. The van der Waals surface area contributed by atoms with E-state index in [1.807, 2.05) is 0 Å². The molecule has 1 aliphatic heterocycles. The molecule has 2 rings (SSSR count). The number of nitrogens with zero attached hydrogens (tertiary/aromatic N) is 1. The van der Waals surface area contributed by atoms with E-state index in [-0.39, 0.29) is 0 Å². The van der Waals surface area contributed by atoms with Crippen LogP contribution in [0.3, 0.4) is 0 Å². The maximum absolute atomic E-state index is 3.50. The first kappa shape index (κ1) is 13.4. The summed E-state index contributed by atoms with van der Waals surface area (Å²) >= 11 is 0. The van der Waals surface area contributed by atoms with E-state index in [2.05, 4.69) is 24.1 Å². The Morgan fingerprint density at radius 2 is 1.94 bits per heavy atom. The van der Waals surface area contributed by atoms with Crippen LogP contribution in [-0.2, 0) is 0 Å². The predicted octanol–water partition coefficient (Wildman–Crippen LogP) is 2.89. The molecule has 1 N–H and O–H groups in total. The van der Waals surface area contributed by atoms with Crippen LogP contribution in [0.5, 0.6) is 0 Å². The Hall–Kier alpha value is -0.0800. The van der Waals surface area contributed by atoms with Crippen molar-refractivity contribution in [2.45, 2.75) is 58.4 Å². The molecule has 2 atom stereocenters. The first-order valence-electron chi connectivity index (χ1n) is 7.76. The third-order valence-electron chi connectivity index (χ3n) is 4.91. The van der Waals surface area contributed by atoms with Crippen molar-refractivity contribution in [2.24, 2.45) is 11.8 Å². The average molecular weight is 238 g/mol. The molecule has 0 aromatic carbocycles. The monoisotopic (exact) mass is 238 g/mol. The van der Waals surface area contributed by atoms with Crippen LogP contribution in [0.2, 0.25) is 0 Å². The molecule has 0 radical (unpaired) electrons. The van der Waals surface area contributed by atoms with E-state index in [9.17, 15) is 0 Å². The lowest BCUT2D eigenvalue weighted by Gasteiger charge is -2.34. The van der Waals surface area contributed by atoms with Gasteiger partial charge in [0.2, 0.25) is 0 Å². The van der Waals surface area contributed by atoms with Crippen LogP contribution in [-0.4, -0.2) is 37.1 Å². The summed E-state index contributed by atoms with van der Waals surface area (Å²) in [5, 5.41) is 3.50. The largest absolute Gasteiger partial charge is 0.317 e. The zero-order valence-corrected chi connectivity index (χ0v) is 11.8. The molecule has 1 saturated heterocycles. The normalized spacial score (nSPS) is 29.6. The van der Waals surface area contributed by atoms with E-state index in [0.29, 0.717) is 0 Å². The van der Waals surface area contributed by atoms with Crippen molar-refractivity contribution >= 4 is 0 Å². The number of nitrogens with one attached hydrogen (secondary N) is 1. The lowest BCUT2D eigenvalue weighted by Crippen LogP contribution is -2.38. The molecule has 2 fully saturated rings. The zero-order valence-electron chi connectivity index (χ0n) is 11.8. The van der Waals surface area contributed by atoms with Crippen LogP contribution in [0.1, 0.15) is 52.4 Å². The van der Waals surface area contributed by atoms with Gasteiger partial charge in [0.25, 0.3) is 0 Å². The van der Waals surface area contributed by atoms with Crippen molar-refractivity contribution < 1.29 is 0 Å². The Morgan fingerprint density at radius 1 is 1.18 bits per heavy atom. The standard InChI is InChI=1S/C15H30N2/c1-3-16-11-14-9-10-17(12-14)13(2)15-7-5-4-6-8-15/h13-16H,3-12H2,1-2H3. The quantitative estimate of drug-likeness (QED) is 0.792. The summed E-state index contributed by atoms with van der Waals surface area (Å²) in [5.41, 5.74) is 0. The van der Waals surface area contributed by atoms with Gasteiger partial charge in [0.1, 0.15) is 0 Å². The van der Waals surface area contributed by atoms with E-state index in [0.717, 1.165) is 24.4 Å². The van der Waals surface area contributed by atoms with Crippen LogP contribution in [0.15, 0.2) is 0 Å². The molecule has 0 aromatic heterocycles. The topological polar surface area (TPSA) is 15.3 Å². The molecule has 0 spiro atoms. The highest BCUT2D eigenvalue weighted by molar-refractivity contribution is 4.85. The second kappa shape index (κ2) is 6.75. The number of rotatable bonds is 5. The van der Waals surface area contributed by atoms with Crippen molar-refractivity contribution in [3.05, 3.63) is 0 Å². The Bertz CT molecular complexity index is 211. The van der Waals surface area contributed by atoms with Gasteiger partial charge in [-0.1, -0.05) is 26.2 Å². The summed E-state index contributed by atoms with van der Waals surface area (Å²) in [6.07, 6.45) is 8.80. The predicted molar refractivity (Wildman–Crippen MR) is 74.3 cm³/mol. The maximum atomic E-state index is 3.50. The number of hydrogen-bond acceptors (Lipinski definition) is 2. The third-order valence-corrected chi connectivity index (χ3v) is 4.91. The van der Waals surface area contributed by atoms with E-state index in [4.69, 9.17) is 0 Å². The Morgan fingerprint density at radius 3 is 2.65 bits per heavy atom. The van der Waals surface area contributed by atoms with E-state index in [1.165, 1.54) is 58.2 Å². The van der Waals surface area contributed by atoms with Crippen molar-refractivity contribution in [3.63, 3.8) is 0 Å². The molecule has 0 bridgehead atoms. The molecule has 2 heteroatoms. The van der Waals surface area contributed by atoms with Crippen molar-refractivity contribution in [1.82, 2.24) is 10.2 Å². The van der Waals surface area contributed by atoms with Gasteiger partial charge in [0, 0.05) is 12.6 Å². The van der Waals surface area contributed by atoms with Gasteiger partial charge >= 0.3 is 0 Å². The average Bonchev–Trinajstić information content (AvgIpc) is 2.85. The SMILES string of the molecule is CCNCC1CCN(C(C)C2CCCCC2)C1. The highest BCUT2D eigenvalue weighted by Crippen LogP contribution is 2.31. The molecular formula is C15H30N2. The van der Waals surface area contributed by atoms with Gasteiger partial charge in [-0.3, -0.25) is 0 Å². The van der Waals surface area contributed by atoms with Gasteiger partial charge < -0.3 is 10.2 Å². The summed E-state index contributed by atoms with van der Waals surface area (Å²) in [6.45, 7) is 9.71. The van der Waals surface area contributed by atoms with Gasteiger partial charge in [-0.25, -0.2) is 0 Å². The molecular weight excluding hydrogens is 208 g/mol. The second-order valence-electron chi connectivity index (χ2n) is 6.10. The Labute approximate surface area is 107 Å². The minimum Gasteiger partial charge on any atom is -0.317 e. The van der Waals surface area contributed by atoms with Crippen LogP contribution >= 0.6 is 0 Å². The molecule has 1 heterocycles. The van der Waals surface area contributed by atoms with Crippen LogP contribution in [0.4, 0.5) is 0 Å². The fourth-order valence-corrected chi connectivity index (χ4v) is 3.66. The first-order chi connectivity index (χ1) is 8.31. The summed E-state index contributed by atoms with van der Waals surface area (Å²) in [5.74, 6) is 1.89. The lowest BCUT2D eigenvalue weighted by atomic mass is 9.84. The van der Waals surface area contributed by atoms with E-state index in [1.54, 1.807) is 0 Å². The van der Waals surface area contributed by atoms with Gasteiger partial charge in [0.15, 0.2) is 0 Å². The molecule has 0 aromatic rings. The number of hydrogen-bond donors (Lipinski definition) is 1. The Balaban J connectivity index is 1.74. The van der Waals surface area contributed by atoms with Crippen LogP contribution in [0, 0.1) is 11.8 Å². The summed E-state index contributed by atoms with van der Waals surface area (Å²) in [6, 6.07) is 0.835. The summed E-state index contributed by atoms with van der Waals surface area (Å²) in [7, 11) is 0. The van der Waals surface area contributed by atoms with Gasteiger partial charge in [-0.15, -0.1) is 0 Å². The summed E-state index contributed by atoms with van der Waals surface area (Å²) < 4.78 is 0. The van der Waals surface area contributed by atoms with Crippen molar-refractivity contribution in [3.8, 4) is 0 Å². The van der Waals surface area contributed by atoms with E-state index < -0.39 is 0 Å². The summed E-state index contributed by atoms with van der Waals surface area (Å²) in [4.78, 5) is 2.76. The maximum Gasteiger partial charge on any atom is 0.00953 e. The van der Waals surface area contributed by atoms with Crippen LogP contribution < -0.4 is 5.32 Å². The highest BCUT2D eigenvalue weighted by Gasteiger charge is 2.30. The molecule has 0 amide bonds. The molecule has 17 heavy (non-hydrogen) atoms. The second-order valence-corrected chi connectivity index (χ2v) is 6.10. The zero-order chi connectivity index (χ0) is 12.1. The van der Waals surface area contributed by atoms with Crippen molar-refractivity contribution in [2.75, 3.05) is 26.2 Å². The molecule has 2 aliphatic rings. The van der Waals surface area contributed by atoms with Gasteiger partial charge in [-0.05, 0) is 57.7 Å². The molecule has 2 nitrogen and oxygen atoms in total. The van der Waals surface area contributed by atoms with Crippen LogP contribution in [0.25, 0.3) is 0 Å². The fourth-order valence-electron chi connectivity index (χ4n) is 3.66. The van der Waals surface area contributed by atoms with Crippen molar-refractivity contribution in [1.29, 1.82) is 0 Å². The highest BCUT2D eigenvalue weighted by atomic mass is 15.2. The molecule has 1 saturated carbocycles. The minimum atomic E-state index is 0.835. The third kappa shape index (κ3) is 3.69. The minimum absolute atomic E-state index is 0.835. The fraction of sp³-hybridized carbons (Fsp3) is 1.00. The Kier molecular flexibility index (Phi) is 5.30. The first-order valence-corrected chi connectivity index (χ1v) is 7.76. The van der Waals surface area contributed by atoms with E-state index >= 15 is 0 Å². The smallest absolute Gasteiger partial charge is 0.00953 e. The molecule has 1 aliphatic carbocycles. The molecule has 2 unspecified atom stereocenters.